The van der Waals surface area contributed by atoms with Crippen molar-refractivity contribution in [2.75, 3.05) is 13.1 Å². The van der Waals surface area contributed by atoms with Crippen LogP contribution in [-0.2, 0) is 0 Å². The van der Waals surface area contributed by atoms with Gasteiger partial charge in [-0.1, -0.05) is 68.9 Å². The molecule has 10 atom stereocenters. The van der Waals surface area contributed by atoms with E-state index in [2.05, 4.69) is 39.6 Å². The average Bonchev–Trinajstić information content (AvgIpc) is 3.28. The molecule has 5 aliphatic rings. The summed E-state index contributed by atoms with van der Waals surface area (Å²) in [6, 6.07) is 0.421. The van der Waals surface area contributed by atoms with Crippen molar-refractivity contribution in [2.24, 2.45) is 57.3 Å². The van der Waals surface area contributed by atoms with Crippen LogP contribution in [-0.4, -0.2) is 24.7 Å². The second-order valence-corrected chi connectivity index (χ2v) is 13.5. The fourth-order valence-electron chi connectivity index (χ4n) is 10.9. The van der Waals surface area contributed by atoms with Gasteiger partial charge in [-0.15, -0.1) is 6.58 Å². The van der Waals surface area contributed by atoms with Gasteiger partial charge in [0.2, 0.25) is 0 Å². The lowest BCUT2D eigenvalue weighted by molar-refractivity contribution is -0.191. The van der Waals surface area contributed by atoms with Gasteiger partial charge in [-0.3, -0.25) is 0 Å². The van der Waals surface area contributed by atoms with E-state index in [4.69, 9.17) is 11.5 Å². The van der Waals surface area contributed by atoms with Crippen LogP contribution in [0.1, 0.15) is 134 Å². The van der Waals surface area contributed by atoms with Crippen molar-refractivity contribution in [1.29, 1.82) is 0 Å². The van der Waals surface area contributed by atoms with Crippen LogP contribution in [0.15, 0.2) is 12.7 Å². The fourth-order valence-corrected chi connectivity index (χ4v) is 10.9. The van der Waals surface area contributed by atoms with E-state index in [0.717, 1.165) is 30.2 Å². The third-order valence-corrected chi connectivity index (χ3v) is 12.3. The third kappa shape index (κ3) is 5.49. The molecule has 5 saturated carbocycles. The van der Waals surface area contributed by atoms with Gasteiger partial charge in [0.05, 0.1) is 0 Å². The first-order valence-corrected chi connectivity index (χ1v) is 15.4. The summed E-state index contributed by atoms with van der Waals surface area (Å²) in [4.78, 5) is 0. The molecule has 0 bridgehead atoms. The molecule has 3 heteroatoms. The molecule has 220 valence electrons. The molecule has 5 rings (SSSR count). The minimum absolute atomic E-state index is 0. The average molecular weight is 520 g/mol. The van der Waals surface area contributed by atoms with E-state index in [9.17, 15) is 0 Å². The first-order chi connectivity index (χ1) is 16.6. The molecule has 0 saturated heterocycles. The van der Waals surface area contributed by atoms with Gasteiger partial charge < -0.3 is 16.8 Å². The van der Waals surface area contributed by atoms with Crippen molar-refractivity contribution in [3.8, 4) is 0 Å². The van der Waals surface area contributed by atoms with Gasteiger partial charge in [0, 0.05) is 18.1 Å². The third-order valence-electron chi connectivity index (χ3n) is 12.3. The quantitative estimate of drug-likeness (QED) is 0.327. The smallest absolute Gasteiger partial charge is 0.0222 e. The zero-order valence-corrected chi connectivity index (χ0v) is 24.6. The highest BCUT2D eigenvalue weighted by molar-refractivity contribution is 5.20. The number of nitrogens with one attached hydrogen (secondary N) is 1. The lowest BCUT2D eigenvalue weighted by Gasteiger charge is -2.70. The lowest BCUT2D eigenvalue weighted by atomic mass is 9.36. The first kappa shape index (κ1) is 34.6. The van der Waals surface area contributed by atoms with Crippen LogP contribution in [0.5, 0.6) is 0 Å². The van der Waals surface area contributed by atoms with Crippen LogP contribution in [0.4, 0.5) is 0 Å². The molecular formula is C34H69N3. The molecular weight excluding hydrogens is 450 g/mol. The van der Waals surface area contributed by atoms with Gasteiger partial charge in [0.1, 0.15) is 0 Å². The molecule has 10 unspecified atom stereocenters. The van der Waals surface area contributed by atoms with Crippen LogP contribution < -0.4 is 16.8 Å². The Hall–Kier alpha value is -0.380. The molecule has 5 N–H and O–H groups in total. The summed E-state index contributed by atoms with van der Waals surface area (Å²) in [5.74, 6) is 3.83. The van der Waals surface area contributed by atoms with E-state index in [1.54, 1.807) is 6.08 Å². The van der Waals surface area contributed by atoms with Crippen molar-refractivity contribution in [1.82, 2.24) is 5.32 Å². The number of hydrogen-bond acceptors (Lipinski definition) is 3. The molecule has 0 aliphatic heterocycles. The predicted octanol–water partition coefficient (Wildman–Crippen LogP) is 8.57. The second-order valence-electron chi connectivity index (χ2n) is 13.5. The molecule has 5 aliphatic carbocycles. The molecule has 0 spiro atoms. The SMILES string of the molecule is C.C.C=CC.CC.CCNCC12CCCC1C1(N)CCC3C4(C)CCC(N)C(C)C4CCC3(C)C1CC2. The Kier molecular flexibility index (Phi) is 12.5. The minimum atomic E-state index is 0. The van der Waals surface area contributed by atoms with E-state index >= 15 is 0 Å². The molecule has 0 aromatic carbocycles. The molecule has 3 nitrogen and oxygen atoms in total. The van der Waals surface area contributed by atoms with E-state index in [1.807, 2.05) is 20.8 Å². The zero-order valence-electron chi connectivity index (χ0n) is 24.6. The Morgan fingerprint density at radius 2 is 1.46 bits per heavy atom. The van der Waals surface area contributed by atoms with Crippen molar-refractivity contribution in [3.63, 3.8) is 0 Å². The summed E-state index contributed by atoms with van der Waals surface area (Å²) in [6.07, 6.45) is 16.7. The zero-order chi connectivity index (χ0) is 26.1. The number of allylic oxidation sites excluding steroid dienone is 1. The van der Waals surface area contributed by atoms with Crippen molar-refractivity contribution in [3.05, 3.63) is 12.7 Å². The van der Waals surface area contributed by atoms with Crippen LogP contribution in [0.25, 0.3) is 0 Å². The number of fused-ring (bicyclic) bond motifs is 7. The number of rotatable bonds is 3. The normalized spacial score (nSPS) is 47.4. The monoisotopic (exact) mass is 520 g/mol. The van der Waals surface area contributed by atoms with E-state index in [0.29, 0.717) is 28.2 Å². The number of nitrogens with two attached hydrogens (primary N) is 2. The minimum Gasteiger partial charge on any atom is -0.327 e. The summed E-state index contributed by atoms with van der Waals surface area (Å²) in [7, 11) is 0. The molecule has 0 aromatic rings. The molecule has 0 aromatic heterocycles. The van der Waals surface area contributed by atoms with E-state index in [1.165, 1.54) is 77.2 Å². The van der Waals surface area contributed by atoms with Crippen molar-refractivity contribution < 1.29 is 0 Å². The molecule has 0 radical (unpaired) electrons. The standard InChI is InChI=1S/C27H49N3.C3H6.C2H6.2CH4/c1-5-30-17-26-12-6-7-23(26)27(29)16-11-21-24(3)14-9-20(28)18(2)19(24)8-13-25(21,4)22(27)10-15-26;1-3-2;1-2;;/h18-23,30H,5-17,28-29H2,1-4H3;3H,1H2,2H3;1-2H3;2*1H4. The Morgan fingerprint density at radius 1 is 0.865 bits per heavy atom. The lowest BCUT2D eigenvalue weighted by Crippen LogP contribution is -2.71. The molecule has 5 fully saturated rings. The maximum absolute atomic E-state index is 7.61. The first-order valence-electron chi connectivity index (χ1n) is 15.4. The topological polar surface area (TPSA) is 64.1 Å². The summed E-state index contributed by atoms with van der Waals surface area (Å²) in [5, 5.41) is 3.74. The second kappa shape index (κ2) is 13.3. The van der Waals surface area contributed by atoms with Crippen molar-refractivity contribution in [2.45, 2.75) is 146 Å². The van der Waals surface area contributed by atoms with Gasteiger partial charge in [0.15, 0.2) is 0 Å². The Balaban J connectivity index is 0.000000915. The van der Waals surface area contributed by atoms with Gasteiger partial charge in [-0.2, -0.15) is 0 Å². The highest BCUT2D eigenvalue weighted by Gasteiger charge is 2.68. The van der Waals surface area contributed by atoms with E-state index < -0.39 is 0 Å². The highest BCUT2D eigenvalue weighted by atomic mass is 14.9. The summed E-state index contributed by atoms with van der Waals surface area (Å²) < 4.78 is 0. The van der Waals surface area contributed by atoms with Crippen LogP contribution in [0, 0.1) is 45.8 Å². The molecule has 0 amide bonds. The van der Waals surface area contributed by atoms with Gasteiger partial charge in [-0.25, -0.2) is 0 Å². The maximum Gasteiger partial charge on any atom is 0.0222 e. The Morgan fingerprint density at radius 3 is 2.08 bits per heavy atom. The van der Waals surface area contributed by atoms with E-state index in [-0.39, 0.29) is 20.4 Å². The highest BCUT2D eigenvalue weighted by Crippen LogP contribution is 2.72. The van der Waals surface area contributed by atoms with Crippen LogP contribution in [0.3, 0.4) is 0 Å². The molecule has 37 heavy (non-hydrogen) atoms. The Bertz CT molecular complexity index is 707. The summed E-state index contributed by atoms with van der Waals surface area (Å²) >= 11 is 0. The van der Waals surface area contributed by atoms with Crippen molar-refractivity contribution >= 4 is 0 Å². The van der Waals surface area contributed by atoms with Crippen LogP contribution in [0.2, 0.25) is 0 Å². The maximum atomic E-state index is 7.61. The molecule has 0 heterocycles. The largest absolute Gasteiger partial charge is 0.327 e. The van der Waals surface area contributed by atoms with Gasteiger partial charge >= 0.3 is 0 Å². The predicted molar refractivity (Wildman–Crippen MR) is 167 cm³/mol. The van der Waals surface area contributed by atoms with Crippen LogP contribution >= 0.6 is 0 Å². The van der Waals surface area contributed by atoms with Gasteiger partial charge in [-0.05, 0) is 124 Å². The van der Waals surface area contributed by atoms with Gasteiger partial charge in [0.25, 0.3) is 0 Å². The summed E-state index contributed by atoms with van der Waals surface area (Å²) in [6.45, 7) is 21.6. The Labute approximate surface area is 233 Å². The number of hydrogen-bond donors (Lipinski definition) is 3. The fraction of sp³-hybridized carbons (Fsp3) is 0.941. The summed E-state index contributed by atoms with van der Waals surface area (Å²) in [5.41, 5.74) is 15.7.